The zero-order valence-corrected chi connectivity index (χ0v) is 12.6. The Balaban J connectivity index is 1.89. The van der Waals surface area contributed by atoms with Crippen molar-refractivity contribution in [3.8, 4) is 5.75 Å². The van der Waals surface area contributed by atoms with Crippen LogP contribution in [0.15, 0.2) is 24.3 Å². The van der Waals surface area contributed by atoms with Crippen molar-refractivity contribution in [1.82, 2.24) is 10.6 Å². The average molecular weight is 292 g/mol. The molecule has 0 radical (unpaired) electrons. The Morgan fingerprint density at radius 3 is 3.14 bits per heavy atom. The summed E-state index contributed by atoms with van der Waals surface area (Å²) in [7, 11) is 1.69. The van der Waals surface area contributed by atoms with Gasteiger partial charge in [-0.05, 0) is 37.0 Å². The zero-order chi connectivity index (χ0) is 14.9. The molecule has 1 atom stereocenters. The molecule has 1 unspecified atom stereocenters. The molecule has 1 saturated heterocycles. The highest BCUT2D eigenvalue weighted by atomic mass is 16.5. The zero-order valence-electron chi connectivity index (χ0n) is 12.6. The van der Waals surface area contributed by atoms with Crippen molar-refractivity contribution in [2.75, 3.05) is 26.8 Å². The van der Waals surface area contributed by atoms with E-state index < -0.39 is 0 Å². The van der Waals surface area contributed by atoms with Gasteiger partial charge in [-0.1, -0.05) is 12.1 Å². The highest BCUT2D eigenvalue weighted by molar-refractivity contribution is 5.81. The smallest absolute Gasteiger partial charge is 0.261 e. The molecular formula is C16H24N2O3. The number of methoxy groups -OCH3 is 1. The van der Waals surface area contributed by atoms with Crippen LogP contribution in [0.25, 0.3) is 0 Å². The van der Waals surface area contributed by atoms with Gasteiger partial charge in [0.25, 0.3) is 5.91 Å². The number of hydrogen-bond acceptors (Lipinski definition) is 4. The first kappa shape index (κ1) is 15.8. The fourth-order valence-corrected chi connectivity index (χ4v) is 2.32. The summed E-state index contributed by atoms with van der Waals surface area (Å²) < 4.78 is 10.8. The third kappa shape index (κ3) is 5.36. The predicted molar refractivity (Wildman–Crippen MR) is 81.3 cm³/mol. The second-order valence-corrected chi connectivity index (χ2v) is 5.21. The Bertz CT molecular complexity index is 451. The van der Waals surface area contributed by atoms with E-state index in [2.05, 4.69) is 10.6 Å². The van der Waals surface area contributed by atoms with Crippen LogP contribution < -0.4 is 15.4 Å². The summed E-state index contributed by atoms with van der Waals surface area (Å²) in [5.41, 5.74) is 1.14. The molecule has 2 rings (SSSR count). The van der Waals surface area contributed by atoms with Crippen molar-refractivity contribution in [2.45, 2.75) is 31.9 Å². The molecule has 116 valence electrons. The number of ether oxygens (including phenoxy) is 2. The van der Waals surface area contributed by atoms with Gasteiger partial charge >= 0.3 is 0 Å². The van der Waals surface area contributed by atoms with Gasteiger partial charge in [-0.2, -0.15) is 0 Å². The van der Waals surface area contributed by atoms with Crippen molar-refractivity contribution in [2.24, 2.45) is 0 Å². The lowest BCUT2D eigenvalue weighted by Gasteiger charge is -2.16. The highest BCUT2D eigenvalue weighted by Crippen LogP contribution is 2.18. The SMILES string of the molecule is COCCNCc1cccc(OC2CCCCNC2=O)c1. The largest absolute Gasteiger partial charge is 0.481 e. The summed E-state index contributed by atoms with van der Waals surface area (Å²) in [5.74, 6) is 0.749. The number of carbonyl (C=O) groups is 1. The maximum atomic E-state index is 11.9. The van der Waals surface area contributed by atoms with Gasteiger partial charge in [0.15, 0.2) is 6.10 Å². The molecule has 5 heteroatoms. The van der Waals surface area contributed by atoms with E-state index >= 15 is 0 Å². The van der Waals surface area contributed by atoms with Crippen LogP contribution in [0.4, 0.5) is 0 Å². The first-order valence-electron chi connectivity index (χ1n) is 7.52. The molecule has 1 aliphatic rings. The van der Waals surface area contributed by atoms with E-state index in [-0.39, 0.29) is 12.0 Å². The van der Waals surface area contributed by atoms with Crippen molar-refractivity contribution in [3.05, 3.63) is 29.8 Å². The molecule has 0 aliphatic carbocycles. The standard InChI is InChI=1S/C16H24N2O3/c1-20-10-9-17-12-13-5-4-6-14(11-13)21-15-7-2-3-8-18-16(15)19/h4-6,11,15,17H,2-3,7-10,12H2,1H3,(H,18,19). The number of hydrogen-bond donors (Lipinski definition) is 2. The Hall–Kier alpha value is -1.59. The van der Waals surface area contributed by atoms with Crippen LogP contribution >= 0.6 is 0 Å². The monoisotopic (exact) mass is 292 g/mol. The van der Waals surface area contributed by atoms with Crippen molar-refractivity contribution >= 4 is 5.91 Å². The summed E-state index contributed by atoms with van der Waals surface area (Å²) >= 11 is 0. The van der Waals surface area contributed by atoms with E-state index in [0.717, 1.165) is 50.2 Å². The summed E-state index contributed by atoms with van der Waals surface area (Å²) in [5, 5.41) is 6.18. The van der Waals surface area contributed by atoms with Gasteiger partial charge in [0, 0.05) is 26.7 Å². The molecule has 1 aliphatic heterocycles. The van der Waals surface area contributed by atoms with Gasteiger partial charge in [0.1, 0.15) is 5.75 Å². The van der Waals surface area contributed by atoms with Crippen LogP contribution in [0.2, 0.25) is 0 Å². The van der Waals surface area contributed by atoms with Crippen LogP contribution in [-0.4, -0.2) is 38.8 Å². The van der Waals surface area contributed by atoms with E-state index in [9.17, 15) is 4.79 Å². The molecule has 1 fully saturated rings. The van der Waals surface area contributed by atoms with Crippen molar-refractivity contribution in [3.63, 3.8) is 0 Å². The molecule has 1 aromatic carbocycles. The van der Waals surface area contributed by atoms with Crippen LogP contribution in [0.5, 0.6) is 5.75 Å². The maximum absolute atomic E-state index is 11.9. The van der Waals surface area contributed by atoms with Crippen LogP contribution in [-0.2, 0) is 16.1 Å². The average Bonchev–Trinajstić information content (AvgIpc) is 2.69. The lowest BCUT2D eigenvalue weighted by atomic mass is 10.1. The lowest BCUT2D eigenvalue weighted by molar-refractivity contribution is -0.127. The molecule has 0 saturated carbocycles. The third-order valence-electron chi connectivity index (χ3n) is 3.47. The minimum absolute atomic E-state index is 0.00359. The molecular weight excluding hydrogens is 268 g/mol. The molecule has 1 heterocycles. The van der Waals surface area contributed by atoms with Crippen molar-refractivity contribution < 1.29 is 14.3 Å². The van der Waals surface area contributed by atoms with Crippen molar-refractivity contribution in [1.29, 1.82) is 0 Å². The van der Waals surface area contributed by atoms with Crippen LogP contribution in [0, 0.1) is 0 Å². The topological polar surface area (TPSA) is 59.6 Å². The summed E-state index contributed by atoms with van der Waals surface area (Å²) in [6.45, 7) is 3.02. The third-order valence-corrected chi connectivity index (χ3v) is 3.47. The Kier molecular flexibility index (Phi) is 6.50. The van der Waals surface area contributed by atoms with Crippen LogP contribution in [0.3, 0.4) is 0 Å². The van der Waals surface area contributed by atoms with Gasteiger partial charge in [-0.15, -0.1) is 0 Å². The highest BCUT2D eigenvalue weighted by Gasteiger charge is 2.22. The lowest BCUT2D eigenvalue weighted by Crippen LogP contribution is -2.36. The Labute approximate surface area is 126 Å². The van der Waals surface area contributed by atoms with E-state index in [0.29, 0.717) is 6.61 Å². The molecule has 21 heavy (non-hydrogen) atoms. The molecule has 0 aromatic heterocycles. The number of rotatable bonds is 7. The minimum atomic E-state index is -0.371. The molecule has 5 nitrogen and oxygen atoms in total. The van der Waals surface area contributed by atoms with Gasteiger partial charge in [0.05, 0.1) is 6.61 Å². The van der Waals surface area contributed by atoms with Crippen LogP contribution in [0.1, 0.15) is 24.8 Å². The molecule has 1 aromatic rings. The Morgan fingerprint density at radius 2 is 2.29 bits per heavy atom. The first-order valence-corrected chi connectivity index (χ1v) is 7.52. The maximum Gasteiger partial charge on any atom is 0.261 e. The van der Waals surface area contributed by atoms with E-state index in [1.807, 2.05) is 24.3 Å². The normalized spacial score (nSPS) is 18.9. The Morgan fingerprint density at radius 1 is 1.38 bits per heavy atom. The molecule has 2 N–H and O–H groups in total. The first-order chi connectivity index (χ1) is 10.3. The van der Waals surface area contributed by atoms with E-state index in [4.69, 9.17) is 9.47 Å². The molecule has 1 amide bonds. The molecule has 0 bridgehead atoms. The van der Waals surface area contributed by atoms with E-state index in [1.165, 1.54) is 0 Å². The second-order valence-electron chi connectivity index (χ2n) is 5.21. The summed E-state index contributed by atoms with van der Waals surface area (Å²) in [4.78, 5) is 11.9. The molecule has 0 spiro atoms. The summed E-state index contributed by atoms with van der Waals surface area (Å²) in [6.07, 6.45) is 2.45. The second kappa shape index (κ2) is 8.64. The van der Waals surface area contributed by atoms with Gasteiger partial charge in [0.2, 0.25) is 0 Å². The number of carbonyl (C=O) groups excluding carboxylic acids is 1. The van der Waals surface area contributed by atoms with Gasteiger partial charge in [-0.3, -0.25) is 4.79 Å². The number of nitrogens with one attached hydrogen (secondary N) is 2. The fraction of sp³-hybridized carbons (Fsp3) is 0.562. The fourth-order valence-electron chi connectivity index (χ4n) is 2.32. The number of benzene rings is 1. The quantitative estimate of drug-likeness (QED) is 0.747. The van der Waals surface area contributed by atoms with Gasteiger partial charge < -0.3 is 20.1 Å². The van der Waals surface area contributed by atoms with Gasteiger partial charge in [-0.25, -0.2) is 0 Å². The summed E-state index contributed by atoms with van der Waals surface area (Å²) in [6, 6.07) is 7.88. The minimum Gasteiger partial charge on any atom is -0.481 e. The number of amides is 1. The predicted octanol–water partition coefficient (Wildman–Crippen LogP) is 1.47. The van der Waals surface area contributed by atoms with E-state index in [1.54, 1.807) is 7.11 Å².